The van der Waals surface area contributed by atoms with E-state index in [2.05, 4.69) is 22.1 Å². The summed E-state index contributed by atoms with van der Waals surface area (Å²) < 4.78 is 3.25. The number of rotatable bonds is 8. The van der Waals surface area contributed by atoms with Gasteiger partial charge in [-0.2, -0.15) is 0 Å². The number of allylic oxidation sites excluding steroid dienone is 1. The summed E-state index contributed by atoms with van der Waals surface area (Å²) in [4.78, 5) is 37.2. The van der Waals surface area contributed by atoms with E-state index in [1.54, 1.807) is 46.9 Å². The minimum Gasteiger partial charge on any atom is -0.348 e. The smallest absolute Gasteiger partial charge is 0.263 e. The van der Waals surface area contributed by atoms with Gasteiger partial charge >= 0.3 is 0 Å². The van der Waals surface area contributed by atoms with Gasteiger partial charge in [-0.3, -0.25) is 23.4 Å². The Balaban J connectivity index is 1.54. The van der Waals surface area contributed by atoms with E-state index in [4.69, 9.17) is 0 Å². The SMILES string of the molecule is C=CCn1c(=O)c2ccccc2n2c(SCC(=O)NCC(=O)c3ccccc3)nnc12. The predicted molar refractivity (Wildman–Crippen MR) is 119 cm³/mol. The molecule has 31 heavy (non-hydrogen) atoms. The summed E-state index contributed by atoms with van der Waals surface area (Å²) in [7, 11) is 0. The Morgan fingerprint density at radius 1 is 1.06 bits per heavy atom. The molecule has 0 saturated carbocycles. The van der Waals surface area contributed by atoms with E-state index in [9.17, 15) is 14.4 Å². The molecule has 9 heteroatoms. The first-order chi connectivity index (χ1) is 15.1. The number of fused-ring (bicyclic) bond motifs is 3. The minimum atomic E-state index is -0.297. The Labute approximate surface area is 181 Å². The molecule has 0 saturated heterocycles. The summed E-state index contributed by atoms with van der Waals surface area (Å²) in [5, 5.41) is 12.0. The largest absolute Gasteiger partial charge is 0.348 e. The van der Waals surface area contributed by atoms with Gasteiger partial charge in [-0.05, 0) is 12.1 Å². The third kappa shape index (κ3) is 4.13. The van der Waals surface area contributed by atoms with Gasteiger partial charge in [0.2, 0.25) is 11.7 Å². The van der Waals surface area contributed by atoms with Gasteiger partial charge in [-0.1, -0.05) is 60.3 Å². The van der Waals surface area contributed by atoms with Crippen LogP contribution in [0.4, 0.5) is 0 Å². The zero-order chi connectivity index (χ0) is 21.8. The summed E-state index contributed by atoms with van der Waals surface area (Å²) in [6.45, 7) is 3.92. The first-order valence-corrected chi connectivity index (χ1v) is 10.5. The molecule has 0 unspecified atom stereocenters. The molecule has 2 aromatic carbocycles. The van der Waals surface area contributed by atoms with Gasteiger partial charge in [-0.15, -0.1) is 16.8 Å². The zero-order valence-corrected chi connectivity index (χ0v) is 17.3. The van der Waals surface area contributed by atoms with E-state index < -0.39 is 0 Å². The van der Waals surface area contributed by atoms with Gasteiger partial charge in [0, 0.05) is 12.1 Å². The van der Waals surface area contributed by atoms with E-state index in [-0.39, 0.29) is 36.1 Å². The Morgan fingerprint density at radius 3 is 2.58 bits per heavy atom. The van der Waals surface area contributed by atoms with Crippen molar-refractivity contribution in [1.29, 1.82) is 0 Å². The average molecular weight is 433 g/mol. The van der Waals surface area contributed by atoms with E-state index >= 15 is 0 Å². The number of ketones is 1. The van der Waals surface area contributed by atoms with Crippen molar-refractivity contribution in [2.45, 2.75) is 11.7 Å². The maximum Gasteiger partial charge on any atom is 0.263 e. The molecule has 0 bridgehead atoms. The maximum atomic E-state index is 12.8. The number of carbonyl (C=O) groups is 2. The van der Waals surface area contributed by atoms with Crippen LogP contribution in [0.1, 0.15) is 10.4 Å². The molecule has 0 aliphatic carbocycles. The van der Waals surface area contributed by atoms with Gasteiger partial charge in [0.15, 0.2) is 10.9 Å². The Kier molecular flexibility index (Phi) is 5.94. The molecule has 1 amide bonds. The highest BCUT2D eigenvalue weighted by Gasteiger charge is 2.17. The van der Waals surface area contributed by atoms with E-state index in [1.807, 2.05) is 18.2 Å². The summed E-state index contributed by atoms with van der Waals surface area (Å²) in [5.41, 5.74) is 1.03. The fourth-order valence-electron chi connectivity index (χ4n) is 3.21. The van der Waals surface area contributed by atoms with E-state index in [1.165, 1.54) is 16.3 Å². The number of benzene rings is 2. The summed E-state index contributed by atoms with van der Waals surface area (Å²) in [6.07, 6.45) is 1.62. The van der Waals surface area contributed by atoms with Crippen molar-refractivity contribution in [3.8, 4) is 0 Å². The number of hydrogen-bond donors (Lipinski definition) is 1. The van der Waals surface area contributed by atoms with E-state index in [0.717, 1.165) is 0 Å². The normalized spacial score (nSPS) is 11.0. The van der Waals surface area contributed by atoms with Crippen LogP contribution in [-0.4, -0.2) is 43.2 Å². The number of aromatic nitrogens is 4. The molecule has 0 atom stereocenters. The monoisotopic (exact) mass is 433 g/mol. The molecule has 0 fully saturated rings. The lowest BCUT2D eigenvalue weighted by molar-refractivity contribution is -0.118. The van der Waals surface area contributed by atoms with Crippen LogP contribution in [0.3, 0.4) is 0 Å². The molecule has 2 aromatic heterocycles. The fraction of sp³-hybridized carbons (Fsp3) is 0.136. The molecular weight excluding hydrogens is 414 g/mol. The van der Waals surface area contributed by atoms with Gasteiger partial charge in [0.1, 0.15) is 0 Å². The van der Waals surface area contributed by atoms with Crippen molar-refractivity contribution in [1.82, 2.24) is 24.5 Å². The van der Waals surface area contributed by atoms with Crippen LogP contribution in [0.2, 0.25) is 0 Å². The molecule has 0 spiro atoms. The maximum absolute atomic E-state index is 12.8. The summed E-state index contributed by atoms with van der Waals surface area (Å²) in [5.74, 6) is -0.0237. The van der Waals surface area contributed by atoms with Crippen LogP contribution >= 0.6 is 11.8 Å². The van der Waals surface area contributed by atoms with Gasteiger partial charge < -0.3 is 5.32 Å². The van der Waals surface area contributed by atoms with Crippen LogP contribution in [0.25, 0.3) is 16.7 Å². The van der Waals surface area contributed by atoms with Crippen LogP contribution < -0.4 is 10.9 Å². The third-order valence-corrected chi connectivity index (χ3v) is 5.59. The van der Waals surface area contributed by atoms with E-state index in [0.29, 0.717) is 27.4 Å². The second-order valence-corrected chi connectivity index (χ2v) is 7.64. The second kappa shape index (κ2) is 8.97. The number of nitrogens with zero attached hydrogens (tertiary/aromatic N) is 4. The second-order valence-electron chi connectivity index (χ2n) is 6.69. The lowest BCUT2D eigenvalue weighted by Crippen LogP contribution is -2.30. The number of para-hydroxylation sites is 1. The summed E-state index contributed by atoms with van der Waals surface area (Å²) in [6, 6.07) is 16.0. The molecular formula is C22H19N5O3S. The number of amides is 1. The van der Waals surface area contributed by atoms with Gasteiger partial charge in [-0.25, -0.2) is 0 Å². The predicted octanol–water partition coefficient (Wildman–Crippen LogP) is 2.32. The molecule has 8 nitrogen and oxygen atoms in total. The highest BCUT2D eigenvalue weighted by Crippen LogP contribution is 2.21. The zero-order valence-electron chi connectivity index (χ0n) is 16.5. The number of Topliss-reactive ketones (excluding diaryl/α,β-unsaturated/α-hetero) is 1. The van der Waals surface area contributed by atoms with Crippen LogP contribution in [0, 0.1) is 0 Å². The molecule has 156 valence electrons. The average Bonchev–Trinajstić information content (AvgIpc) is 3.23. The Hall–Kier alpha value is -3.72. The quantitative estimate of drug-likeness (QED) is 0.260. The Bertz CT molecular complexity index is 1340. The highest BCUT2D eigenvalue weighted by atomic mass is 32.2. The number of thioether (sulfide) groups is 1. The molecule has 0 aliphatic rings. The van der Waals surface area contributed by atoms with Crippen molar-refractivity contribution in [3.05, 3.63) is 83.2 Å². The minimum absolute atomic E-state index is 0.0533. The molecule has 4 aromatic rings. The van der Waals surface area contributed by atoms with Crippen LogP contribution in [0.15, 0.2) is 77.2 Å². The molecule has 0 radical (unpaired) electrons. The van der Waals surface area contributed by atoms with Crippen molar-refractivity contribution >= 4 is 40.1 Å². The van der Waals surface area contributed by atoms with Crippen molar-refractivity contribution < 1.29 is 9.59 Å². The van der Waals surface area contributed by atoms with Crippen molar-refractivity contribution in [2.75, 3.05) is 12.3 Å². The highest BCUT2D eigenvalue weighted by molar-refractivity contribution is 7.99. The standard InChI is InChI=1S/C22H19N5O3S/c1-2-12-26-20(30)16-10-6-7-11-17(16)27-21(26)24-25-22(27)31-14-19(29)23-13-18(28)15-8-4-3-5-9-15/h2-11H,1,12-14H2,(H,23,29). The third-order valence-electron chi connectivity index (χ3n) is 4.66. The molecule has 2 heterocycles. The molecule has 1 N–H and O–H groups in total. The van der Waals surface area contributed by atoms with Crippen molar-refractivity contribution in [2.24, 2.45) is 0 Å². The lowest BCUT2D eigenvalue weighted by atomic mass is 10.1. The lowest BCUT2D eigenvalue weighted by Gasteiger charge is -2.09. The Morgan fingerprint density at radius 2 is 1.81 bits per heavy atom. The number of nitrogens with one attached hydrogen (secondary N) is 1. The first kappa shape index (κ1) is 20.5. The first-order valence-electron chi connectivity index (χ1n) is 9.55. The van der Waals surface area contributed by atoms with Crippen LogP contribution in [-0.2, 0) is 11.3 Å². The summed E-state index contributed by atoms with van der Waals surface area (Å²) >= 11 is 1.18. The molecule has 0 aliphatic heterocycles. The van der Waals surface area contributed by atoms with Gasteiger partial charge in [0.05, 0.1) is 23.2 Å². The topological polar surface area (TPSA) is 98.4 Å². The van der Waals surface area contributed by atoms with Crippen LogP contribution in [0.5, 0.6) is 0 Å². The van der Waals surface area contributed by atoms with Gasteiger partial charge in [0.25, 0.3) is 5.56 Å². The number of hydrogen-bond acceptors (Lipinski definition) is 6. The fourth-order valence-corrected chi connectivity index (χ4v) is 3.98. The number of carbonyl (C=O) groups excluding carboxylic acids is 2. The van der Waals surface area contributed by atoms with Crippen molar-refractivity contribution in [3.63, 3.8) is 0 Å². The molecule has 4 rings (SSSR count).